The predicted octanol–water partition coefficient (Wildman–Crippen LogP) is 0.821. The van der Waals surface area contributed by atoms with E-state index in [0.717, 1.165) is 32.4 Å². The van der Waals surface area contributed by atoms with Gasteiger partial charge in [0.1, 0.15) is 0 Å². The summed E-state index contributed by atoms with van der Waals surface area (Å²) in [7, 11) is 0. The standard InChI is InChI=1S/C10H18N2/c1-3-5-10(4-2)12-7-6-9(11)8-12/h2,9-10H,3,5-8,11H2,1H3. The second kappa shape index (κ2) is 4.49. The molecule has 0 amide bonds. The van der Waals surface area contributed by atoms with Crippen molar-refractivity contribution in [2.24, 2.45) is 5.73 Å². The molecule has 68 valence electrons. The highest BCUT2D eigenvalue weighted by Crippen LogP contribution is 2.13. The Morgan fingerprint density at radius 3 is 2.92 bits per heavy atom. The first kappa shape index (κ1) is 9.57. The van der Waals surface area contributed by atoms with Crippen molar-refractivity contribution in [1.29, 1.82) is 0 Å². The van der Waals surface area contributed by atoms with Gasteiger partial charge in [-0.05, 0) is 12.8 Å². The Hall–Kier alpha value is -0.520. The first-order valence-corrected chi connectivity index (χ1v) is 4.73. The summed E-state index contributed by atoms with van der Waals surface area (Å²) >= 11 is 0. The van der Waals surface area contributed by atoms with Crippen molar-refractivity contribution in [1.82, 2.24) is 4.90 Å². The second-order valence-electron chi connectivity index (χ2n) is 3.51. The molecule has 2 atom stereocenters. The molecular formula is C10H18N2. The summed E-state index contributed by atoms with van der Waals surface area (Å²) in [6, 6.07) is 0.668. The van der Waals surface area contributed by atoms with E-state index in [1.807, 2.05) is 0 Å². The van der Waals surface area contributed by atoms with Crippen molar-refractivity contribution in [3.63, 3.8) is 0 Å². The molecule has 1 aliphatic heterocycles. The molecule has 1 aliphatic rings. The second-order valence-corrected chi connectivity index (χ2v) is 3.51. The summed E-state index contributed by atoms with van der Waals surface area (Å²) < 4.78 is 0. The van der Waals surface area contributed by atoms with Gasteiger partial charge in [-0.1, -0.05) is 19.3 Å². The fourth-order valence-corrected chi connectivity index (χ4v) is 1.74. The summed E-state index contributed by atoms with van der Waals surface area (Å²) in [5, 5.41) is 0. The summed E-state index contributed by atoms with van der Waals surface area (Å²) in [4.78, 5) is 2.33. The molecule has 0 aromatic heterocycles. The van der Waals surface area contributed by atoms with Crippen LogP contribution >= 0.6 is 0 Å². The van der Waals surface area contributed by atoms with Gasteiger partial charge >= 0.3 is 0 Å². The van der Waals surface area contributed by atoms with Crippen molar-refractivity contribution in [2.75, 3.05) is 13.1 Å². The van der Waals surface area contributed by atoms with Crippen LogP contribution < -0.4 is 5.73 Å². The molecule has 0 bridgehead atoms. The van der Waals surface area contributed by atoms with E-state index in [-0.39, 0.29) is 0 Å². The Morgan fingerprint density at radius 2 is 2.50 bits per heavy atom. The summed E-state index contributed by atoms with van der Waals surface area (Å²) in [5.74, 6) is 2.84. The Bertz CT molecular complexity index is 171. The smallest absolute Gasteiger partial charge is 0.0712 e. The fraction of sp³-hybridized carbons (Fsp3) is 0.800. The lowest BCUT2D eigenvalue weighted by atomic mass is 10.1. The Kier molecular flexibility index (Phi) is 3.58. The van der Waals surface area contributed by atoms with Crippen LogP contribution in [0.1, 0.15) is 26.2 Å². The van der Waals surface area contributed by atoms with Crippen molar-refractivity contribution < 1.29 is 0 Å². The Balaban J connectivity index is 2.40. The average molecular weight is 166 g/mol. The number of hydrogen-bond donors (Lipinski definition) is 1. The van der Waals surface area contributed by atoms with Crippen LogP contribution in [-0.4, -0.2) is 30.1 Å². The molecule has 0 saturated carbocycles. The van der Waals surface area contributed by atoms with Crippen LogP contribution in [0.5, 0.6) is 0 Å². The summed E-state index contributed by atoms with van der Waals surface area (Å²) in [6.07, 6.45) is 8.80. The van der Waals surface area contributed by atoms with E-state index >= 15 is 0 Å². The lowest BCUT2D eigenvalue weighted by molar-refractivity contribution is 0.275. The molecule has 0 aromatic carbocycles. The van der Waals surface area contributed by atoms with E-state index in [9.17, 15) is 0 Å². The zero-order valence-electron chi connectivity index (χ0n) is 7.79. The number of likely N-dealkylation sites (tertiary alicyclic amines) is 1. The maximum atomic E-state index is 5.80. The number of nitrogens with zero attached hydrogens (tertiary/aromatic N) is 1. The first-order chi connectivity index (χ1) is 5.77. The highest BCUT2D eigenvalue weighted by atomic mass is 15.2. The van der Waals surface area contributed by atoms with Gasteiger partial charge in [0.15, 0.2) is 0 Å². The third-order valence-electron chi connectivity index (χ3n) is 2.45. The fourth-order valence-electron chi connectivity index (χ4n) is 1.74. The summed E-state index contributed by atoms with van der Waals surface area (Å²) in [6.45, 7) is 4.23. The molecule has 0 aromatic rings. The minimum Gasteiger partial charge on any atom is -0.326 e. The van der Waals surface area contributed by atoms with Crippen LogP contribution in [0.2, 0.25) is 0 Å². The minimum absolute atomic E-state index is 0.323. The highest BCUT2D eigenvalue weighted by Gasteiger charge is 2.23. The van der Waals surface area contributed by atoms with Crippen LogP contribution in [0.4, 0.5) is 0 Å². The molecule has 1 heterocycles. The van der Waals surface area contributed by atoms with Crippen LogP contribution in [0.25, 0.3) is 0 Å². The Morgan fingerprint density at radius 1 is 1.75 bits per heavy atom. The highest BCUT2D eigenvalue weighted by molar-refractivity contribution is 5.01. The normalized spacial score (nSPS) is 26.9. The van der Waals surface area contributed by atoms with E-state index in [4.69, 9.17) is 12.2 Å². The molecule has 1 rings (SSSR count). The van der Waals surface area contributed by atoms with E-state index in [1.165, 1.54) is 0 Å². The monoisotopic (exact) mass is 166 g/mol. The number of hydrogen-bond acceptors (Lipinski definition) is 2. The van der Waals surface area contributed by atoms with Gasteiger partial charge < -0.3 is 5.73 Å². The number of nitrogens with two attached hydrogens (primary N) is 1. The van der Waals surface area contributed by atoms with E-state index in [0.29, 0.717) is 12.1 Å². The maximum Gasteiger partial charge on any atom is 0.0712 e. The van der Waals surface area contributed by atoms with Crippen LogP contribution in [0, 0.1) is 12.3 Å². The van der Waals surface area contributed by atoms with Crippen molar-refractivity contribution in [3.8, 4) is 12.3 Å². The van der Waals surface area contributed by atoms with Gasteiger partial charge in [0.25, 0.3) is 0 Å². The molecule has 2 unspecified atom stereocenters. The lowest BCUT2D eigenvalue weighted by Gasteiger charge is -2.22. The van der Waals surface area contributed by atoms with Crippen LogP contribution in [0.3, 0.4) is 0 Å². The molecular weight excluding hydrogens is 148 g/mol. The average Bonchev–Trinajstić information content (AvgIpc) is 2.47. The van der Waals surface area contributed by atoms with Crippen molar-refractivity contribution >= 4 is 0 Å². The van der Waals surface area contributed by atoms with E-state index in [1.54, 1.807) is 0 Å². The van der Waals surface area contributed by atoms with Gasteiger partial charge in [-0.2, -0.15) is 0 Å². The van der Waals surface area contributed by atoms with Gasteiger partial charge in [0.2, 0.25) is 0 Å². The molecule has 2 nitrogen and oxygen atoms in total. The SMILES string of the molecule is C#CC(CCC)N1CCC(N)C1. The van der Waals surface area contributed by atoms with Crippen molar-refractivity contribution in [3.05, 3.63) is 0 Å². The topological polar surface area (TPSA) is 29.3 Å². The number of terminal acetylenes is 1. The first-order valence-electron chi connectivity index (χ1n) is 4.73. The van der Waals surface area contributed by atoms with E-state index < -0.39 is 0 Å². The third kappa shape index (κ3) is 2.23. The molecule has 0 spiro atoms. The van der Waals surface area contributed by atoms with Gasteiger partial charge in [-0.3, -0.25) is 4.90 Å². The largest absolute Gasteiger partial charge is 0.326 e. The molecule has 1 fully saturated rings. The molecule has 2 N–H and O–H groups in total. The minimum atomic E-state index is 0.323. The third-order valence-corrected chi connectivity index (χ3v) is 2.45. The summed E-state index contributed by atoms with van der Waals surface area (Å²) in [5.41, 5.74) is 5.80. The lowest BCUT2D eigenvalue weighted by Crippen LogP contribution is -2.34. The maximum absolute atomic E-state index is 5.80. The molecule has 0 aliphatic carbocycles. The molecule has 12 heavy (non-hydrogen) atoms. The quantitative estimate of drug-likeness (QED) is 0.629. The van der Waals surface area contributed by atoms with Gasteiger partial charge in [0, 0.05) is 19.1 Å². The van der Waals surface area contributed by atoms with Gasteiger partial charge in [0.05, 0.1) is 6.04 Å². The molecule has 2 heteroatoms. The van der Waals surface area contributed by atoms with Crippen molar-refractivity contribution in [2.45, 2.75) is 38.3 Å². The van der Waals surface area contributed by atoms with Gasteiger partial charge in [-0.25, -0.2) is 0 Å². The Labute approximate surface area is 75.1 Å². The van der Waals surface area contributed by atoms with Gasteiger partial charge in [-0.15, -0.1) is 6.42 Å². The molecule has 0 radical (unpaired) electrons. The number of rotatable bonds is 3. The van der Waals surface area contributed by atoms with Crippen LogP contribution in [0.15, 0.2) is 0 Å². The molecule has 1 saturated heterocycles. The van der Waals surface area contributed by atoms with E-state index in [2.05, 4.69) is 17.7 Å². The van der Waals surface area contributed by atoms with Crippen LogP contribution in [-0.2, 0) is 0 Å². The predicted molar refractivity (Wildman–Crippen MR) is 51.7 cm³/mol. The zero-order chi connectivity index (χ0) is 8.97. The zero-order valence-corrected chi connectivity index (χ0v) is 7.79.